The molecule has 10 aromatic rings. The molecule has 0 spiro atoms. The van der Waals surface area contributed by atoms with Crippen LogP contribution >= 0.6 is 0 Å². The average molecular weight is 689 g/mol. The predicted octanol–water partition coefficient (Wildman–Crippen LogP) is 12.7. The largest absolute Gasteiger partial charge is 0.264 e. The Kier molecular flexibility index (Phi) is 7.77. The van der Waals surface area contributed by atoms with Crippen molar-refractivity contribution < 1.29 is 0 Å². The maximum atomic E-state index is 5.67. The van der Waals surface area contributed by atoms with E-state index < -0.39 is 0 Å². The summed E-state index contributed by atoms with van der Waals surface area (Å²) in [5.74, 6) is 0. The van der Waals surface area contributed by atoms with E-state index >= 15 is 0 Å². The maximum absolute atomic E-state index is 5.67. The Morgan fingerprint density at radius 1 is 0.278 bits per heavy atom. The fourth-order valence-electron chi connectivity index (χ4n) is 7.60. The van der Waals surface area contributed by atoms with Crippen LogP contribution in [0, 0.1) is 0 Å². The van der Waals surface area contributed by atoms with Gasteiger partial charge in [-0.15, -0.1) is 0 Å². The maximum Gasteiger partial charge on any atom is 0.0979 e. The van der Waals surface area contributed by atoms with Crippen molar-refractivity contribution in [2.75, 3.05) is 0 Å². The third-order valence-corrected chi connectivity index (χ3v) is 10.3. The topological polar surface area (TPSA) is 51.6 Å². The number of rotatable bonds is 6. The van der Waals surface area contributed by atoms with Gasteiger partial charge in [0, 0.05) is 47.0 Å². The third kappa shape index (κ3) is 5.58. The van der Waals surface area contributed by atoms with Gasteiger partial charge in [-0.1, -0.05) is 158 Å². The highest BCUT2D eigenvalue weighted by Crippen LogP contribution is 2.42. The van der Waals surface area contributed by atoms with E-state index in [4.69, 9.17) is 9.97 Å². The van der Waals surface area contributed by atoms with Crippen LogP contribution in [0.15, 0.2) is 195 Å². The molecule has 252 valence electrons. The lowest BCUT2D eigenvalue weighted by molar-refractivity contribution is 1.29. The van der Waals surface area contributed by atoms with Crippen molar-refractivity contribution in [2.24, 2.45) is 0 Å². The van der Waals surface area contributed by atoms with Gasteiger partial charge in [-0.2, -0.15) is 0 Å². The predicted molar refractivity (Wildman–Crippen MR) is 223 cm³/mol. The van der Waals surface area contributed by atoms with Crippen molar-refractivity contribution in [3.05, 3.63) is 195 Å². The van der Waals surface area contributed by atoms with Crippen molar-refractivity contribution in [3.63, 3.8) is 0 Å². The van der Waals surface area contributed by atoms with E-state index in [1.165, 1.54) is 21.5 Å². The number of pyridine rings is 2. The lowest BCUT2D eigenvalue weighted by Gasteiger charge is -2.18. The molecule has 0 unspecified atom stereocenters. The number of aromatic nitrogens is 4. The number of benzene rings is 7. The summed E-state index contributed by atoms with van der Waals surface area (Å²) in [5.41, 5.74) is 14.0. The van der Waals surface area contributed by atoms with Gasteiger partial charge in [0.2, 0.25) is 0 Å². The third-order valence-electron chi connectivity index (χ3n) is 10.3. The molecule has 3 aromatic heterocycles. The lowest BCUT2D eigenvalue weighted by atomic mass is 9.91. The van der Waals surface area contributed by atoms with E-state index in [1.54, 1.807) is 12.4 Å². The SMILES string of the molecule is c1cncc(-c2ccc(-c3nc4c(-c5cccc6ccccc56)ccc(-c5cccc6ccccc56)c4nc3-c3ccc(-c4cccnc4)cc3)cc2)c1. The molecular formula is C50H32N4. The van der Waals surface area contributed by atoms with Crippen molar-refractivity contribution in [1.29, 1.82) is 0 Å². The number of nitrogens with zero attached hydrogens (tertiary/aromatic N) is 4. The van der Waals surface area contributed by atoms with Crippen LogP contribution in [-0.2, 0) is 0 Å². The van der Waals surface area contributed by atoms with Gasteiger partial charge in [-0.3, -0.25) is 9.97 Å². The molecule has 4 heteroatoms. The van der Waals surface area contributed by atoms with E-state index in [9.17, 15) is 0 Å². The Balaban J connectivity index is 1.27. The second-order valence-electron chi connectivity index (χ2n) is 13.5. The van der Waals surface area contributed by atoms with Crippen LogP contribution in [-0.4, -0.2) is 19.9 Å². The minimum Gasteiger partial charge on any atom is -0.264 e. The molecule has 7 aromatic carbocycles. The molecule has 0 bridgehead atoms. The van der Waals surface area contributed by atoms with Crippen molar-refractivity contribution in [3.8, 4) is 67.0 Å². The molecule has 0 aliphatic carbocycles. The first-order valence-electron chi connectivity index (χ1n) is 18.1. The fourth-order valence-corrected chi connectivity index (χ4v) is 7.60. The monoisotopic (exact) mass is 688 g/mol. The van der Waals surface area contributed by atoms with Gasteiger partial charge in [0.1, 0.15) is 0 Å². The summed E-state index contributed by atoms with van der Waals surface area (Å²) < 4.78 is 0. The van der Waals surface area contributed by atoms with E-state index in [1.807, 2.05) is 24.5 Å². The zero-order valence-corrected chi connectivity index (χ0v) is 29.3. The molecule has 0 saturated heterocycles. The second-order valence-corrected chi connectivity index (χ2v) is 13.5. The molecule has 0 atom stereocenters. The molecule has 10 rings (SSSR count). The van der Waals surface area contributed by atoms with Crippen molar-refractivity contribution in [2.45, 2.75) is 0 Å². The van der Waals surface area contributed by atoms with Crippen molar-refractivity contribution in [1.82, 2.24) is 19.9 Å². The van der Waals surface area contributed by atoms with Crippen LogP contribution in [0.5, 0.6) is 0 Å². The zero-order valence-electron chi connectivity index (χ0n) is 29.3. The van der Waals surface area contributed by atoms with E-state index in [-0.39, 0.29) is 0 Å². The number of fused-ring (bicyclic) bond motifs is 3. The van der Waals surface area contributed by atoms with E-state index in [2.05, 4.69) is 168 Å². The highest BCUT2D eigenvalue weighted by Gasteiger charge is 2.21. The second kappa shape index (κ2) is 13.4. The Morgan fingerprint density at radius 2 is 0.685 bits per heavy atom. The van der Waals surface area contributed by atoms with Crippen LogP contribution < -0.4 is 0 Å². The van der Waals surface area contributed by atoms with Crippen LogP contribution in [0.1, 0.15) is 0 Å². The minimum atomic E-state index is 0.825. The van der Waals surface area contributed by atoms with Gasteiger partial charge in [-0.25, -0.2) is 9.97 Å². The molecular weight excluding hydrogens is 657 g/mol. The van der Waals surface area contributed by atoms with Crippen LogP contribution in [0.4, 0.5) is 0 Å². The highest BCUT2D eigenvalue weighted by molar-refractivity contribution is 6.10. The van der Waals surface area contributed by atoms with Gasteiger partial charge in [0.15, 0.2) is 0 Å². The quantitative estimate of drug-likeness (QED) is 0.174. The van der Waals surface area contributed by atoms with Gasteiger partial charge >= 0.3 is 0 Å². The molecule has 54 heavy (non-hydrogen) atoms. The van der Waals surface area contributed by atoms with Crippen LogP contribution in [0.2, 0.25) is 0 Å². The first kappa shape index (κ1) is 31.4. The number of hydrogen-bond acceptors (Lipinski definition) is 4. The highest BCUT2D eigenvalue weighted by atomic mass is 14.8. The average Bonchev–Trinajstić information content (AvgIpc) is 3.26. The molecule has 0 N–H and O–H groups in total. The molecule has 3 heterocycles. The number of hydrogen-bond donors (Lipinski definition) is 0. The minimum absolute atomic E-state index is 0.825. The summed E-state index contributed by atoms with van der Waals surface area (Å²) in [6.45, 7) is 0. The molecule has 0 aliphatic rings. The van der Waals surface area contributed by atoms with Gasteiger partial charge in [0.25, 0.3) is 0 Å². The summed E-state index contributed by atoms with van der Waals surface area (Å²) in [4.78, 5) is 20.0. The molecule has 0 aliphatic heterocycles. The Bertz CT molecular complexity index is 2740. The van der Waals surface area contributed by atoms with Crippen molar-refractivity contribution >= 4 is 32.6 Å². The summed E-state index contributed by atoms with van der Waals surface area (Å²) >= 11 is 0. The zero-order chi connectivity index (χ0) is 35.8. The molecule has 0 amide bonds. The Morgan fingerprint density at radius 3 is 1.11 bits per heavy atom. The van der Waals surface area contributed by atoms with Crippen LogP contribution in [0.3, 0.4) is 0 Å². The molecule has 0 radical (unpaired) electrons. The lowest BCUT2D eigenvalue weighted by Crippen LogP contribution is -1.99. The van der Waals surface area contributed by atoms with E-state index in [0.717, 1.165) is 78.1 Å². The van der Waals surface area contributed by atoms with E-state index in [0.29, 0.717) is 0 Å². The Hall–Kier alpha value is -7.30. The summed E-state index contributed by atoms with van der Waals surface area (Å²) in [7, 11) is 0. The Labute approximate surface area is 313 Å². The van der Waals surface area contributed by atoms with Gasteiger partial charge < -0.3 is 0 Å². The summed E-state index contributed by atoms with van der Waals surface area (Å²) in [5, 5.41) is 4.73. The first-order valence-corrected chi connectivity index (χ1v) is 18.1. The first-order chi connectivity index (χ1) is 26.8. The molecule has 4 nitrogen and oxygen atoms in total. The standard InChI is InChI=1S/C50H32N4/c1-3-15-41-35(9-1)11-5-17-43(41)45-27-28-46(44-18-6-12-36-10-2-4-16-42(36)44)50-49(45)53-47(37-23-19-33(20-24-37)39-13-7-29-51-31-39)48(54-50)38-25-21-34(22-26-38)40-14-8-30-52-32-40/h1-32H. The summed E-state index contributed by atoms with van der Waals surface area (Å²) in [6, 6.07) is 59.8. The van der Waals surface area contributed by atoms with Gasteiger partial charge in [-0.05, 0) is 67.1 Å². The fraction of sp³-hybridized carbons (Fsp3) is 0. The molecule has 0 saturated carbocycles. The van der Waals surface area contributed by atoms with Crippen LogP contribution in [0.25, 0.3) is 99.6 Å². The normalized spacial score (nSPS) is 11.3. The van der Waals surface area contributed by atoms with Gasteiger partial charge in [0.05, 0.1) is 22.4 Å². The molecule has 0 fully saturated rings. The smallest absolute Gasteiger partial charge is 0.0979 e. The summed E-state index contributed by atoms with van der Waals surface area (Å²) in [6.07, 6.45) is 7.39.